The van der Waals surface area contributed by atoms with E-state index in [0.717, 1.165) is 17.9 Å². The Morgan fingerprint density at radius 3 is 2.91 bits per heavy atom. The minimum Gasteiger partial charge on any atom is -0.497 e. The Hall–Kier alpha value is -1.71. The summed E-state index contributed by atoms with van der Waals surface area (Å²) in [5.41, 5.74) is 1.20. The molecule has 1 heterocycles. The zero-order chi connectivity index (χ0) is 15.4. The molecule has 1 amide bonds. The number of amides is 1. The molecule has 4 heteroatoms. The second-order valence-electron chi connectivity index (χ2n) is 6.51. The predicted octanol–water partition coefficient (Wildman–Crippen LogP) is 2.94. The van der Waals surface area contributed by atoms with Crippen LogP contribution in [0.25, 0.3) is 0 Å². The monoisotopic (exact) mass is 303 g/mol. The lowest BCUT2D eigenvalue weighted by atomic mass is 9.96. The Kier molecular flexibility index (Phi) is 4.86. The van der Waals surface area contributed by atoms with Crippen molar-refractivity contribution in [2.24, 2.45) is 11.8 Å². The van der Waals surface area contributed by atoms with Crippen molar-refractivity contribution in [1.29, 1.82) is 0 Å². The van der Waals surface area contributed by atoms with Crippen LogP contribution in [0, 0.1) is 11.8 Å². The normalized spacial score (nSPS) is 21.0. The number of carbonyl (C=O) groups excluding carboxylic acids is 1. The van der Waals surface area contributed by atoms with Crippen molar-refractivity contribution in [3.8, 4) is 11.5 Å². The van der Waals surface area contributed by atoms with Gasteiger partial charge in [0.15, 0.2) is 0 Å². The second-order valence-corrected chi connectivity index (χ2v) is 6.51. The quantitative estimate of drug-likeness (QED) is 0.910. The number of hydrogen-bond acceptors (Lipinski definition) is 3. The number of ether oxygens (including phenoxy) is 2. The molecular formula is C18H25NO3. The maximum absolute atomic E-state index is 12.0. The third-order valence-electron chi connectivity index (χ3n) is 4.79. The lowest BCUT2D eigenvalue weighted by Crippen LogP contribution is -2.35. The van der Waals surface area contributed by atoms with E-state index in [4.69, 9.17) is 9.47 Å². The highest BCUT2D eigenvalue weighted by molar-refractivity contribution is 5.76. The fraction of sp³-hybridized carbons (Fsp3) is 0.611. The highest BCUT2D eigenvalue weighted by Gasteiger charge is 2.22. The summed E-state index contributed by atoms with van der Waals surface area (Å²) in [7, 11) is 1.66. The van der Waals surface area contributed by atoms with E-state index < -0.39 is 0 Å². The first-order valence-corrected chi connectivity index (χ1v) is 8.31. The number of methoxy groups -OCH3 is 1. The predicted molar refractivity (Wildman–Crippen MR) is 85.3 cm³/mol. The molecule has 1 aromatic carbocycles. The van der Waals surface area contributed by atoms with E-state index in [0.29, 0.717) is 31.4 Å². The van der Waals surface area contributed by atoms with Crippen molar-refractivity contribution >= 4 is 5.91 Å². The van der Waals surface area contributed by atoms with Crippen molar-refractivity contribution < 1.29 is 14.3 Å². The molecule has 1 fully saturated rings. The van der Waals surface area contributed by atoms with Crippen molar-refractivity contribution in [2.75, 3.05) is 20.3 Å². The summed E-state index contributed by atoms with van der Waals surface area (Å²) in [5.74, 6) is 2.89. The number of hydrogen-bond donors (Lipinski definition) is 1. The van der Waals surface area contributed by atoms with Crippen molar-refractivity contribution in [2.45, 2.75) is 38.5 Å². The average molecular weight is 303 g/mol. The molecule has 2 aliphatic rings. The molecule has 1 aliphatic heterocycles. The Labute approximate surface area is 132 Å². The molecule has 1 aliphatic carbocycles. The lowest BCUT2D eigenvalue weighted by molar-refractivity contribution is -0.122. The van der Waals surface area contributed by atoms with Crippen LogP contribution in [0.4, 0.5) is 0 Å². The van der Waals surface area contributed by atoms with Crippen LogP contribution in [0.15, 0.2) is 18.2 Å². The topological polar surface area (TPSA) is 47.6 Å². The van der Waals surface area contributed by atoms with Gasteiger partial charge in [-0.1, -0.05) is 18.9 Å². The maximum Gasteiger partial charge on any atom is 0.220 e. The average Bonchev–Trinajstić information content (AvgIpc) is 3.05. The molecule has 1 unspecified atom stereocenters. The van der Waals surface area contributed by atoms with Gasteiger partial charge in [0.25, 0.3) is 0 Å². The van der Waals surface area contributed by atoms with Gasteiger partial charge in [-0.25, -0.2) is 0 Å². The van der Waals surface area contributed by atoms with Gasteiger partial charge >= 0.3 is 0 Å². The van der Waals surface area contributed by atoms with Crippen LogP contribution in [-0.2, 0) is 11.2 Å². The third-order valence-corrected chi connectivity index (χ3v) is 4.79. The molecule has 1 atom stereocenters. The molecule has 120 valence electrons. The Bertz CT molecular complexity index is 523. The second kappa shape index (κ2) is 7.03. The Morgan fingerprint density at radius 1 is 1.32 bits per heavy atom. The van der Waals surface area contributed by atoms with Gasteiger partial charge in [-0.3, -0.25) is 4.79 Å². The van der Waals surface area contributed by atoms with Crippen LogP contribution in [0.5, 0.6) is 11.5 Å². The number of fused-ring (bicyclic) bond motifs is 1. The van der Waals surface area contributed by atoms with Gasteiger partial charge in [-0.2, -0.15) is 0 Å². The molecule has 0 aromatic heterocycles. The molecule has 0 radical (unpaired) electrons. The maximum atomic E-state index is 12.0. The number of carbonyl (C=O) groups is 1. The Balaban J connectivity index is 1.46. The summed E-state index contributed by atoms with van der Waals surface area (Å²) in [5, 5.41) is 3.09. The van der Waals surface area contributed by atoms with Gasteiger partial charge in [0, 0.05) is 24.9 Å². The largest absolute Gasteiger partial charge is 0.497 e. The van der Waals surface area contributed by atoms with Crippen LogP contribution in [-0.4, -0.2) is 26.2 Å². The number of benzene rings is 1. The van der Waals surface area contributed by atoms with Gasteiger partial charge < -0.3 is 14.8 Å². The highest BCUT2D eigenvalue weighted by atomic mass is 16.5. The van der Waals surface area contributed by atoms with E-state index in [1.54, 1.807) is 7.11 Å². The summed E-state index contributed by atoms with van der Waals surface area (Å²) in [6, 6.07) is 5.95. The highest BCUT2D eigenvalue weighted by Crippen LogP contribution is 2.31. The molecule has 0 spiro atoms. The minimum absolute atomic E-state index is 0.201. The first-order chi connectivity index (χ1) is 10.7. The Morgan fingerprint density at radius 2 is 2.14 bits per heavy atom. The van der Waals surface area contributed by atoms with E-state index in [1.165, 1.54) is 31.2 Å². The zero-order valence-corrected chi connectivity index (χ0v) is 13.3. The molecule has 4 nitrogen and oxygen atoms in total. The van der Waals surface area contributed by atoms with Gasteiger partial charge in [0.1, 0.15) is 11.5 Å². The van der Waals surface area contributed by atoms with Crippen LogP contribution in [0.1, 0.15) is 37.7 Å². The molecule has 1 N–H and O–H groups in total. The van der Waals surface area contributed by atoms with E-state index in [9.17, 15) is 4.79 Å². The first-order valence-electron chi connectivity index (χ1n) is 8.31. The molecule has 3 rings (SSSR count). The molecular weight excluding hydrogens is 278 g/mol. The van der Waals surface area contributed by atoms with Crippen LogP contribution >= 0.6 is 0 Å². The van der Waals surface area contributed by atoms with Crippen LogP contribution < -0.4 is 14.8 Å². The molecule has 22 heavy (non-hydrogen) atoms. The lowest BCUT2D eigenvalue weighted by Gasteiger charge is -2.26. The van der Waals surface area contributed by atoms with Crippen LogP contribution in [0.2, 0.25) is 0 Å². The third kappa shape index (κ3) is 3.73. The van der Waals surface area contributed by atoms with Crippen molar-refractivity contribution in [1.82, 2.24) is 5.32 Å². The van der Waals surface area contributed by atoms with Gasteiger partial charge in [0.2, 0.25) is 5.91 Å². The smallest absolute Gasteiger partial charge is 0.220 e. The first kappa shape index (κ1) is 15.2. The molecule has 0 saturated heterocycles. The summed E-state index contributed by atoms with van der Waals surface area (Å²) >= 11 is 0. The van der Waals surface area contributed by atoms with E-state index in [2.05, 4.69) is 11.4 Å². The van der Waals surface area contributed by atoms with E-state index in [-0.39, 0.29) is 5.91 Å². The van der Waals surface area contributed by atoms with Crippen molar-refractivity contribution in [3.63, 3.8) is 0 Å². The van der Waals surface area contributed by atoms with Crippen LogP contribution in [0.3, 0.4) is 0 Å². The number of rotatable bonds is 5. The summed E-state index contributed by atoms with van der Waals surface area (Å²) in [4.78, 5) is 12.0. The fourth-order valence-corrected chi connectivity index (χ4v) is 3.48. The van der Waals surface area contributed by atoms with E-state index in [1.807, 2.05) is 12.1 Å². The minimum atomic E-state index is 0.201. The summed E-state index contributed by atoms with van der Waals surface area (Å²) in [6.45, 7) is 1.36. The van der Waals surface area contributed by atoms with Crippen molar-refractivity contribution in [3.05, 3.63) is 23.8 Å². The zero-order valence-electron chi connectivity index (χ0n) is 13.3. The van der Waals surface area contributed by atoms with Gasteiger partial charge in [-0.05, 0) is 36.8 Å². The standard InChI is InChI=1S/C18H25NO3/c1-21-16-7-6-15-8-14(12-22-17(15)10-16)11-19-18(20)9-13-4-2-3-5-13/h6-7,10,13-14H,2-5,8-9,11-12H2,1H3,(H,19,20). The molecule has 0 bridgehead atoms. The SMILES string of the molecule is COc1ccc2c(c1)OCC(CNC(=O)CC1CCCC1)C2. The van der Waals surface area contributed by atoms with E-state index >= 15 is 0 Å². The number of nitrogens with one attached hydrogen (secondary N) is 1. The summed E-state index contributed by atoms with van der Waals surface area (Å²) < 4.78 is 11.0. The summed E-state index contributed by atoms with van der Waals surface area (Å²) in [6.07, 6.45) is 6.65. The fourth-order valence-electron chi connectivity index (χ4n) is 3.48. The van der Waals surface area contributed by atoms with Gasteiger partial charge in [-0.15, -0.1) is 0 Å². The van der Waals surface area contributed by atoms with Gasteiger partial charge in [0.05, 0.1) is 13.7 Å². The molecule has 1 saturated carbocycles. The molecule has 1 aromatic rings.